The van der Waals surface area contributed by atoms with Gasteiger partial charge < -0.3 is 19.5 Å². The fourth-order valence-corrected chi connectivity index (χ4v) is 6.12. The van der Waals surface area contributed by atoms with Crippen LogP contribution in [0.15, 0.2) is 77.7 Å². The van der Waals surface area contributed by atoms with E-state index < -0.39 is 10.0 Å². The standard InChI is InChI=1S/C27H28N2O5S/c1-32-18-7-4-6-17(14-18)29-35(30,31)20-11-12-25-23(16-20)21-8-5-9-22(21)27(28-25)24-15-19(33-2)10-13-26(24)34-3/h4-8,10-16,21-22,27-29H,9H2,1-3H3/t21-,22+,27-/m0/s1. The molecule has 0 saturated heterocycles. The minimum absolute atomic E-state index is 0.00934. The third-order valence-corrected chi connectivity index (χ3v) is 8.12. The lowest BCUT2D eigenvalue weighted by molar-refractivity contribution is 0.374. The Labute approximate surface area is 205 Å². The molecule has 3 aromatic carbocycles. The summed E-state index contributed by atoms with van der Waals surface area (Å²) < 4.78 is 45.4. The molecule has 5 rings (SSSR count). The van der Waals surface area contributed by atoms with Gasteiger partial charge in [-0.15, -0.1) is 0 Å². The second-order valence-corrected chi connectivity index (χ2v) is 10.4. The number of methoxy groups -OCH3 is 3. The lowest BCUT2D eigenvalue weighted by atomic mass is 9.77. The first kappa shape index (κ1) is 23.1. The zero-order valence-electron chi connectivity index (χ0n) is 19.8. The number of allylic oxidation sites excluding steroid dienone is 2. The maximum Gasteiger partial charge on any atom is 0.261 e. The zero-order valence-corrected chi connectivity index (χ0v) is 20.6. The fraction of sp³-hybridized carbons (Fsp3) is 0.259. The van der Waals surface area contributed by atoms with E-state index >= 15 is 0 Å². The van der Waals surface area contributed by atoms with E-state index in [2.05, 4.69) is 22.2 Å². The molecule has 0 unspecified atom stereocenters. The highest BCUT2D eigenvalue weighted by molar-refractivity contribution is 7.92. The van der Waals surface area contributed by atoms with Crippen LogP contribution in [-0.2, 0) is 10.0 Å². The van der Waals surface area contributed by atoms with Crippen LogP contribution in [0.3, 0.4) is 0 Å². The van der Waals surface area contributed by atoms with E-state index in [4.69, 9.17) is 14.2 Å². The van der Waals surface area contributed by atoms with Crippen LogP contribution >= 0.6 is 0 Å². The van der Waals surface area contributed by atoms with E-state index in [1.807, 2.05) is 24.3 Å². The van der Waals surface area contributed by atoms with Crippen molar-refractivity contribution in [3.8, 4) is 17.2 Å². The number of sulfonamides is 1. The minimum atomic E-state index is -3.78. The fourth-order valence-electron chi connectivity index (χ4n) is 5.03. The maximum absolute atomic E-state index is 13.2. The first-order valence-corrected chi connectivity index (χ1v) is 12.9. The van der Waals surface area contributed by atoms with Crippen molar-refractivity contribution >= 4 is 21.4 Å². The van der Waals surface area contributed by atoms with Crippen LogP contribution < -0.4 is 24.2 Å². The van der Waals surface area contributed by atoms with Gasteiger partial charge >= 0.3 is 0 Å². The monoisotopic (exact) mass is 492 g/mol. The molecule has 8 heteroatoms. The summed E-state index contributed by atoms with van der Waals surface area (Å²) in [5.74, 6) is 2.43. The van der Waals surface area contributed by atoms with E-state index in [1.54, 1.807) is 57.7 Å². The average Bonchev–Trinajstić information content (AvgIpc) is 3.38. The molecule has 35 heavy (non-hydrogen) atoms. The lowest BCUT2D eigenvalue weighted by Gasteiger charge is -2.38. The Morgan fingerprint density at radius 2 is 1.69 bits per heavy atom. The summed E-state index contributed by atoms with van der Waals surface area (Å²) in [5.41, 5.74) is 3.35. The van der Waals surface area contributed by atoms with Crippen LogP contribution in [0.5, 0.6) is 17.2 Å². The lowest BCUT2D eigenvalue weighted by Crippen LogP contribution is -2.29. The number of hydrogen-bond donors (Lipinski definition) is 2. The zero-order chi connectivity index (χ0) is 24.6. The van der Waals surface area contributed by atoms with Crippen LogP contribution in [0.4, 0.5) is 11.4 Å². The summed E-state index contributed by atoms with van der Waals surface area (Å²) in [4.78, 5) is 0.220. The van der Waals surface area contributed by atoms with Gasteiger partial charge in [0, 0.05) is 23.2 Å². The van der Waals surface area contributed by atoms with Gasteiger partial charge in [0.2, 0.25) is 0 Å². The van der Waals surface area contributed by atoms with Gasteiger partial charge in [0.05, 0.1) is 38.0 Å². The van der Waals surface area contributed by atoms with Gasteiger partial charge in [0.25, 0.3) is 10.0 Å². The summed E-state index contributed by atoms with van der Waals surface area (Å²) in [6, 6.07) is 17.9. The first-order chi connectivity index (χ1) is 16.9. The Morgan fingerprint density at radius 3 is 2.46 bits per heavy atom. The molecule has 3 atom stereocenters. The highest BCUT2D eigenvalue weighted by Crippen LogP contribution is 2.52. The van der Waals surface area contributed by atoms with Crippen molar-refractivity contribution in [2.24, 2.45) is 5.92 Å². The Hall–Kier alpha value is -3.65. The van der Waals surface area contributed by atoms with Gasteiger partial charge in [0.15, 0.2) is 0 Å². The maximum atomic E-state index is 13.2. The minimum Gasteiger partial charge on any atom is -0.497 e. The number of hydrogen-bond acceptors (Lipinski definition) is 6. The molecule has 0 fully saturated rings. The number of anilines is 2. The molecule has 2 N–H and O–H groups in total. The van der Waals surface area contributed by atoms with Crippen LogP contribution in [0.2, 0.25) is 0 Å². The molecule has 182 valence electrons. The predicted octanol–water partition coefficient (Wildman–Crippen LogP) is 5.34. The number of rotatable bonds is 7. The van der Waals surface area contributed by atoms with Crippen molar-refractivity contribution in [3.05, 3.63) is 83.9 Å². The quantitative estimate of drug-likeness (QED) is 0.433. The van der Waals surface area contributed by atoms with Gasteiger partial charge in [-0.2, -0.15) is 0 Å². The SMILES string of the molecule is COc1cccc(NS(=O)(=O)c2ccc3c(c2)[C@H]2C=CC[C@H]2[C@@H](c2cc(OC)ccc2OC)N3)c1. The molecule has 0 bridgehead atoms. The molecule has 2 aliphatic rings. The second kappa shape index (κ2) is 9.19. The summed E-state index contributed by atoms with van der Waals surface area (Å²) in [6.07, 6.45) is 5.22. The molecule has 7 nitrogen and oxygen atoms in total. The van der Waals surface area contributed by atoms with Crippen LogP contribution in [0.25, 0.3) is 0 Å². The molecule has 1 aliphatic heterocycles. The largest absolute Gasteiger partial charge is 0.497 e. The number of benzene rings is 3. The van der Waals surface area contributed by atoms with Gasteiger partial charge in [-0.05, 0) is 66.4 Å². The number of ether oxygens (including phenoxy) is 3. The van der Waals surface area contributed by atoms with E-state index in [9.17, 15) is 8.42 Å². The molecule has 0 amide bonds. The van der Waals surface area contributed by atoms with Crippen molar-refractivity contribution in [1.82, 2.24) is 0 Å². The smallest absolute Gasteiger partial charge is 0.261 e. The van der Waals surface area contributed by atoms with Crippen molar-refractivity contribution in [2.75, 3.05) is 31.4 Å². The number of nitrogens with one attached hydrogen (secondary N) is 2. The molecular formula is C27H28N2O5S. The first-order valence-electron chi connectivity index (χ1n) is 11.4. The van der Waals surface area contributed by atoms with Crippen molar-refractivity contribution in [1.29, 1.82) is 0 Å². The van der Waals surface area contributed by atoms with Crippen molar-refractivity contribution in [3.63, 3.8) is 0 Å². The van der Waals surface area contributed by atoms with Gasteiger partial charge in [-0.25, -0.2) is 8.42 Å². The molecule has 0 aromatic heterocycles. The Bertz CT molecular complexity index is 1390. The molecule has 1 heterocycles. The topological polar surface area (TPSA) is 85.9 Å². The Kier molecular flexibility index (Phi) is 6.06. The summed E-state index contributed by atoms with van der Waals surface area (Å²) in [6.45, 7) is 0. The van der Waals surface area contributed by atoms with E-state index in [-0.39, 0.29) is 22.8 Å². The summed E-state index contributed by atoms with van der Waals surface area (Å²) >= 11 is 0. The summed E-state index contributed by atoms with van der Waals surface area (Å²) in [7, 11) is 1.08. The van der Waals surface area contributed by atoms with Crippen LogP contribution in [0.1, 0.15) is 29.5 Å². The van der Waals surface area contributed by atoms with Crippen LogP contribution in [-0.4, -0.2) is 29.7 Å². The molecule has 0 saturated carbocycles. The normalized spacial score (nSPS) is 20.4. The third kappa shape index (κ3) is 4.30. The van der Waals surface area contributed by atoms with Crippen molar-refractivity contribution in [2.45, 2.75) is 23.3 Å². The molecular weight excluding hydrogens is 464 g/mol. The highest BCUT2D eigenvalue weighted by Gasteiger charge is 2.39. The average molecular weight is 493 g/mol. The molecule has 0 spiro atoms. The molecule has 3 aromatic rings. The number of fused-ring (bicyclic) bond motifs is 3. The van der Waals surface area contributed by atoms with Crippen molar-refractivity contribution < 1.29 is 22.6 Å². The molecule has 0 radical (unpaired) electrons. The predicted molar refractivity (Wildman–Crippen MR) is 136 cm³/mol. The van der Waals surface area contributed by atoms with E-state index in [0.29, 0.717) is 11.4 Å². The van der Waals surface area contributed by atoms with E-state index in [1.165, 1.54) is 0 Å². The third-order valence-electron chi connectivity index (χ3n) is 6.74. The second-order valence-electron chi connectivity index (χ2n) is 8.67. The summed E-state index contributed by atoms with van der Waals surface area (Å²) in [5, 5.41) is 3.65. The van der Waals surface area contributed by atoms with Crippen LogP contribution in [0, 0.1) is 5.92 Å². The Morgan fingerprint density at radius 1 is 0.886 bits per heavy atom. The van der Waals surface area contributed by atoms with Gasteiger partial charge in [-0.3, -0.25) is 4.72 Å². The highest BCUT2D eigenvalue weighted by atomic mass is 32.2. The van der Waals surface area contributed by atoms with Gasteiger partial charge in [0.1, 0.15) is 17.2 Å². The van der Waals surface area contributed by atoms with Gasteiger partial charge in [-0.1, -0.05) is 18.2 Å². The van der Waals surface area contributed by atoms with E-state index in [0.717, 1.165) is 34.7 Å². The molecule has 1 aliphatic carbocycles. The Balaban J connectivity index is 1.50.